The Bertz CT molecular complexity index is 1170. The Morgan fingerprint density at radius 3 is 2.57 bits per heavy atom. The van der Waals surface area contributed by atoms with Crippen molar-refractivity contribution in [2.24, 2.45) is 16.5 Å². The Kier molecular flexibility index (Phi) is 6.55. The number of nitrogens with two attached hydrogens (primary N) is 2. The second-order valence-corrected chi connectivity index (χ2v) is 6.65. The lowest BCUT2D eigenvalue weighted by Crippen LogP contribution is -2.22. The van der Waals surface area contributed by atoms with Crippen molar-refractivity contribution in [1.82, 2.24) is 20.2 Å². The topological polar surface area (TPSA) is 143 Å². The van der Waals surface area contributed by atoms with Gasteiger partial charge in [0.1, 0.15) is 23.3 Å². The summed E-state index contributed by atoms with van der Waals surface area (Å²) in [6.45, 7) is 0.428. The number of aromatic nitrogens is 4. The van der Waals surface area contributed by atoms with Crippen LogP contribution in [0, 0.1) is 0 Å². The molecule has 9 nitrogen and oxygen atoms in total. The van der Waals surface area contributed by atoms with Crippen LogP contribution in [0.4, 0.5) is 23.0 Å². The van der Waals surface area contributed by atoms with E-state index in [2.05, 4.69) is 35.8 Å². The maximum absolute atomic E-state index is 6.07. The molecule has 154 valence electrons. The fourth-order valence-electron chi connectivity index (χ4n) is 2.76. The standard InChI is InChI=1S/C19H18ClN9.ClH/c20-12-2-1-3-14(8-12)27-16-15-17(25-10-24-16)28-29-18(15)26-13-6-4-11(5-7-13)9-23-19(21)22;/h1-8,10H,9H2,(H4,21,22,23)(H3,24,25,26,27,28,29);1H. The van der Waals surface area contributed by atoms with Crippen LogP contribution in [-0.4, -0.2) is 26.1 Å². The zero-order chi connectivity index (χ0) is 20.2. The highest BCUT2D eigenvalue weighted by Gasteiger charge is 2.13. The number of aromatic amines is 1. The van der Waals surface area contributed by atoms with E-state index in [4.69, 9.17) is 23.1 Å². The molecule has 4 rings (SSSR count). The molecule has 0 aliphatic heterocycles. The summed E-state index contributed by atoms with van der Waals surface area (Å²) in [7, 11) is 0. The van der Waals surface area contributed by atoms with Gasteiger partial charge in [-0.3, -0.25) is 5.10 Å². The molecule has 0 aliphatic rings. The lowest BCUT2D eigenvalue weighted by atomic mass is 10.2. The van der Waals surface area contributed by atoms with Crippen LogP contribution >= 0.6 is 24.0 Å². The summed E-state index contributed by atoms with van der Waals surface area (Å²) in [6, 6.07) is 15.1. The van der Waals surface area contributed by atoms with Gasteiger partial charge in [0.15, 0.2) is 11.6 Å². The maximum atomic E-state index is 6.07. The van der Waals surface area contributed by atoms with Crippen LogP contribution in [0.2, 0.25) is 5.02 Å². The average Bonchev–Trinajstić information content (AvgIpc) is 3.11. The number of fused-ring (bicyclic) bond motifs is 1. The van der Waals surface area contributed by atoms with E-state index in [-0.39, 0.29) is 18.4 Å². The number of H-pyrrole nitrogens is 1. The number of benzene rings is 2. The molecule has 0 spiro atoms. The molecule has 30 heavy (non-hydrogen) atoms. The Hall–Kier alpha value is -3.56. The number of rotatable bonds is 6. The molecule has 0 unspecified atom stereocenters. The molecule has 2 heterocycles. The Balaban J connectivity index is 0.00000256. The second kappa shape index (κ2) is 9.29. The van der Waals surface area contributed by atoms with Gasteiger partial charge in [-0.25, -0.2) is 15.0 Å². The van der Waals surface area contributed by atoms with Crippen LogP contribution in [0.3, 0.4) is 0 Å². The fourth-order valence-corrected chi connectivity index (χ4v) is 2.95. The SMILES string of the molecule is Cl.NC(N)=NCc1ccc(Nc2[nH]nc3ncnc(Nc4cccc(Cl)c4)c23)cc1. The first-order valence-corrected chi connectivity index (χ1v) is 9.09. The highest BCUT2D eigenvalue weighted by atomic mass is 35.5. The third kappa shape index (κ3) is 4.88. The Labute approximate surface area is 183 Å². The molecule has 7 N–H and O–H groups in total. The van der Waals surface area contributed by atoms with Crippen molar-refractivity contribution in [3.8, 4) is 0 Å². The molecule has 0 aliphatic carbocycles. The van der Waals surface area contributed by atoms with E-state index in [0.717, 1.165) is 22.3 Å². The first kappa shape index (κ1) is 21.2. The van der Waals surface area contributed by atoms with E-state index in [0.29, 0.717) is 28.9 Å². The lowest BCUT2D eigenvalue weighted by molar-refractivity contribution is 1.05. The molecule has 0 saturated heterocycles. The summed E-state index contributed by atoms with van der Waals surface area (Å²) in [6.07, 6.45) is 1.46. The molecule has 2 aromatic heterocycles. The van der Waals surface area contributed by atoms with E-state index in [1.54, 1.807) is 0 Å². The van der Waals surface area contributed by atoms with Gasteiger partial charge in [-0.15, -0.1) is 12.4 Å². The minimum atomic E-state index is 0. The zero-order valence-corrected chi connectivity index (χ0v) is 17.2. The minimum Gasteiger partial charge on any atom is -0.370 e. The van der Waals surface area contributed by atoms with E-state index in [9.17, 15) is 0 Å². The molecule has 11 heteroatoms. The van der Waals surface area contributed by atoms with Gasteiger partial charge in [0.05, 0.1) is 6.54 Å². The van der Waals surface area contributed by atoms with E-state index in [1.165, 1.54) is 6.33 Å². The number of nitrogens with one attached hydrogen (secondary N) is 3. The molecule has 2 aromatic carbocycles. The largest absolute Gasteiger partial charge is 0.370 e. The van der Waals surface area contributed by atoms with Crippen LogP contribution in [0.25, 0.3) is 11.0 Å². The summed E-state index contributed by atoms with van der Waals surface area (Å²) in [5, 5.41) is 15.2. The predicted molar refractivity (Wildman–Crippen MR) is 123 cm³/mol. The van der Waals surface area contributed by atoms with Gasteiger partial charge in [-0.05, 0) is 35.9 Å². The molecule has 0 radical (unpaired) electrons. The van der Waals surface area contributed by atoms with Crippen LogP contribution in [-0.2, 0) is 6.54 Å². The minimum absolute atomic E-state index is 0. The molecule has 0 saturated carbocycles. The lowest BCUT2D eigenvalue weighted by Gasteiger charge is -2.09. The maximum Gasteiger partial charge on any atom is 0.188 e. The van der Waals surface area contributed by atoms with Gasteiger partial charge in [0, 0.05) is 16.4 Å². The van der Waals surface area contributed by atoms with E-state index >= 15 is 0 Å². The normalized spacial score (nSPS) is 10.3. The number of nitrogens with zero attached hydrogens (tertiary/aromatic N) is 4. The number of hydrogen-bond donors (Lipinski definition) is 5. The van der Waals surface area contributed by atoms with Gasteiger partial charge >= 0.3 is 0 Å². The van der Waals surface area contributed by atoms with Gasteiger partial charge in [0.2, 0.25) is 0 Å². The molecular formula is C19H19Cl2N9. The van der Waals surface area contributed by atoms with Gasteiger partial charge in [0.25, 0.3) is 0 Å². The van der Waals surface area contributed by atoms with Crippen LogP contribution in [0.1, 0.15) is 5.56 Å². The van der Waals surface area contributed by atoms with Gasteiger partial charge in [-0.1, -0.05) is 29.8 Å². The first-order chi connectivity index (χ1) is 14.1. The number of halogens is 2. The average molecular weight is 444 g/mol. The molecule has 0 amide bonds. The van der Waals surface area contributed by atoms with Crippen LogP contribution in [0.5, 0.6) is 0 Å². The molecule has 0 atom stereocenters. The van der Waals surface area contributed by atoms with Crippen LogP contribution in [0.15, 0.2) is 59.9 Å². The number of aliphatic imine (C=N–C) groups is 1. The van der Waals surface area contributed by atoms with E-state index < -0.39 is 0 Å². The van der Waals surface area contributed by atoms with Gasteiger partial charge in [-0.2, -0.15) is 5.10 Å². The fraction of sp³-hybridized carbons (Fsp3) is 0.0526. The molecule has 0 fully saturated rings. The summed E-state index contributed by atoms with van der Waals surface area (Å²) < 4.78 is 0. The zero-order valence-electron chi connectivity index (χ0n) is 15.6. The number of anilines is 4. The second-order valence-electron chi connectivity index (χ2n) is 6.22. The predicted octanol–water partition coefficient (Wildman–Crippen LogP) is 3.69. The summed E-state index contributed by atoms with van der Waals surface area (Å²) >= 11 is 6.07. The number of guanidine groups is 1. The molecular weight excluding hydrogens is 425 g/mol. The van der Waals surface area contributed by atoms with E-state index in [1.807, 2.05) is 48.5 Å². The first-order valence-electron chi connectivity index (χ1n) is 8.71. The summed E-state index contributed by atoms with van der Waals surface area (Å²) in [4.78, 5) is 12.6. The van der Waals surface area contributed by atoms with Gasteiger partial charge < -0.3 is 22.1 Å². The smallest absolute Gasteiger partial charge is 0.188 e. The van der Waals surface area contributed by atoms with Crippen molar-refractivity contribution in [1.29, 1.82) is 0 Å². The van der Waals surface area contributed by atoms with Crippen molar-refractivity contribution in [3.05, 3.63) is 65.4 Å². The quantitative estimate of drug-likeness (QED) is 0.225. The Morgan fingerprint density at radius 1 is 1.03 bits per heavy atom. The number of hydrogen-bond acceptors (Lipinski definition) is 6. The van der Waals surface area contributed by atoms with Crippen molar-refractivity contribution in [3.63, 3.8) is 0 Å². The molecule has 4 aromatic rings. The Morgan fingerprint density at radius 2 is 1.83 bits per heavy atom. The van der Waals surface area contributed by atoms with Crippen LogP contribution < -0.4 is 22.1 Å². The third-order valence-electron chi connectivity index (χ3n) is 4.11. The van der Waals surface area contributed by atoms with Crippen molar-refractivity contribution < 1.29 is 0 Å². The summed E-state index contributed by atoms with van der Waals surface area (Å²) in [5.74, 6) is 1.34. The van der Waals surface area contributed by atoms with Crippen molar-refractivity contribution >= 4 is 64.0 Å². The van der Waals surface area contributed by atoms with Crippen molar-refractivity contribution in [2.75, 3.05) is 10.6 Å². The monoisotopic (exact) mass is 443 g/mol. The summed E-state index contributed by atoms with van der Waals surface area (Å²) in [5.41, 5.74) is 13.9. The highest BCUT2D eigenvalue weighted by Crippen LogP contribution is 2.30. The molecule has 0 bridgehead atoms. The third-order valence-corrected chi connectivity index (χ3v) is 4.34. The highest BCUT2D eigenvalue weighted by molar-refractivity contribution is 6.30. The van der Waals surface area contributed by atoms with Crippen molar-refractivity contribution in [2.45, 2.75) is 6.54 Å².